The van der Waals surface area contributed by atoms with Gasteiger partial charge < -0.3 is 20.4 Å². The minimum Gasteiger partial charge on any atom is -0.481 e. The SMILES string of the molecule is CC1CN(C)CCC1NCC1(O)CCC(C(=O)O)CC1. The molecule has 2 rings (SSSR count). The molecule has 116 valence electrons. The maximum Gasteiger partial charge on any atom is 0.306 e. The molecular weight excluding hydrogens is 256 g/mol. The van der Waals surface area contributed by atoms with E-state index in [1.54, 1.807) is 0 Å². The van der Waals surface area contributed by atoms with Gasteiger partial charge in [0.1, 0.15) is 0 Å². The summed E-state index contributed by atoms with van der Waals surface area (Å²) >= 11 is 0. The van der Waals surface area contributed by atoms with Crippen LogP contribution in [0.1, 0.15) is 39.0 Å². The van der Waals surface area contributed by atoms with Crippen molar-refractivity contribution in [3.8, 4) is 0 Å². The number of rotatable bonds is 4. The molecule has 2 aliphatic rings. The lowest BCUT2D eigenvalue weighted by Crippen LogP contribution is -2.52. The van der Waals surface area contributed by atoms with Gasteiger partial charge in [-0.3, -0.25) is 4.79 Å². The Bertz CT molecular complexity index is 340. The monoisotopic (exact) mass is 284 g/mol. The van der Waals surface area contributed by atoms with Crippen molar-refractivity contribution >= 4 is 5.97 Å². The van der Waals surface area contributed by atoms with Crippen LogP contribution in [-0.2, 0) is 4.79 Å². The van der Waals surface area contributed by atoms with Crippen LogP contribution in [-0.4, -0.2) is 59.4 Å². The van der Waals surface area contributed by atoms with E-state index in [2.05, 4.69) is 24.2 Å². The first kappa shape index (κ1) is 15.7. The summed E-state index contributed by atoms with van der Waals surface area (Å²) in [5, 5.41) is 23.1. The highest BCUT2D eigenvalue weighted by Crippen LogP contribution is 2.32. The summed E-state index contributed by atoms with van der Waals surface area (Å²) in [5.41, 5.74) is -0.713. The van der Waals surface area contributed by atoms with Gasteiger partial charge in [-0.05, 0) is 51.6 Å². The normalized spacial score (nSPS) is 39.6. The number of piperidine rings is 1. The largest absolute Gasteiger partial charge is 0.481 e. The highest BCUT2D eigenvalue weighted by molar-refractivity contribution is 5.70. The standard InChI is InChI=1S/C15H28N2O3/c1-11-9-17(2)8-5-13(11)16-10-15(20)6-3-12(4-7-15)14(18)19/h11-13,16,20H,3-10H2,1-2H3,(H,18,19). The molecule has 0 amide bonds. The number of nitrogens with zero attached hydrogens (tertiary/aromatic N) is 1. The minimum atomic E-state index is -0.719. The molecule has 0 aromatic heterocycles. The summed E-state index contributed by atoms with van der Waals surface area (Å²) in [4.78, 5) is 13.3. The van der Waals surface area contributed by atoms with E-state index in [1.807, 2.05) is 0 Å². The number of carboxylic acid groups (broad SMARTS) is 1. The maximum absolute atomic E-state index is 10.9. The van der Waals surface area contributed by atoms with Crippen molar-refractivity contribution in [2.24, 2.45) is 11.8 Å². The zero-order chi connectivity index (χ0) is 14.8. The van der Waals surface area contributed by atoms with Crippen LogP contribution >= 0.6 is 0 Å². The Morgan fingerprint density at radius 2 is 2.00 bits per heavy atom. The molecule has 5 nitrogen and oxygen atoms in total. The van der Waals surface area contributed by atoms with Crippen molar-refractivity contribution in [3.05, 3.63) is 0 Å². The highest BCUT2D eigenvalue weighted by atomic mass is 16.4. The summed E-state index contributed by atoms with van der Waals surface area (Å²) in [5.74, 6) is -0.394. The summed E-state index contributed by atoms with van der Waals surface area (Å²) in [6.07, 6.45) is 3.49. The molecule has 1 aliphatic heterocycles. The van der Waals surface area contributed by atoms with Crippen molar-refractivity contribution in [2.75, 3.05) is 26.7 Å². The molecule has 0 spiro atoms. The molecule has 0 aromatic carbocycles. The predicted molar refractivity (Wildman–Crippen MR) is 77.6 cm³/mol. The number of nitrogens with one attached hydrogen (secondary N) is 1. The lowest BCUT2D eigenvalue weighted by atomic mass is 9.78. The number of carbonyl (C=O) groups is 1. The van der Waals surface area contributed by atoms with Gasteiger partial charge >= 0.3 is 5.97 Å². The molecule has 0 aromatic rings. The van der Waals surface area contributed by atoms with Gasteiger partial charge in [0.25, 0.3) is 0 Å². The van der Waals surface area contributed by atoms with Crippen molar-refractivity contribution < 1.29 is 15.0 Å². The van der Waals surface area contributed by atoms with Crippen LogP contribution in [0, 0.1) is 11.8 Å². The molecule has 1 saturated carbocycles. The maximum atomic E-state index is 10.9. The van der Waals surface area contributed by atoms with Crippen LogP contribution in [0.2, 0.25) is 0 Å². The van der Waals surface area contributed by atoms with Crippen molar-refractivity contribution in [1.29, 1.82) is 0 Å². The lowest BCUT2D eigenvalue weighted by Gasteiger charge is -2.39. The third-order valence-electron chi connectivity index (χ3n) is 5.07. The Balaban J connectivity index is 1.77. The number of aliphatic carboxylic acids is 1. The van der Waals surface area contributed by atoms with Gasteiger partial charge in [-0.15, -0.1) is 0 Å². The van der Waals surface area contributed by atoms with Gasteiger partial charge in [0.15, 0.2) is 0 Å². The van der Waals surface area contributed by atoms with E-state index in [9.17, 15) is 9.90 Å². The zero-order valence-electron chi connectivity index (χ0n) is 12.6. The summed E-state index contributed by atoms with van der Waals surface area (Å²) < 4.78 is 0. The molecule has 1 heterocycles. The van der Waals surface area contributed by atoms with Gasteiger partial charge in [-0.25, -0.2) is 0 Å². The second kappa shape index (κ2) is 6.41. The Morgan fingerprint density at radius 3 is 2.55 bits per heavy atom. The number of hydrogen-bond donors (Lipinski definition) is 3. The second-order valence-corrected chi connectivity index (χ2v) is 6.85. The predicted octanol–water partition coefficient (Wildman–Crippen LogP) is 0.922. The molecule has 2 unspecified atom stereocenters. The van der Waals surface area contributed by atoms with Gasteiger partial charge in [0.05, 0.1) is 11.5 Å². The first-order valence-electron chi connectivity index (χ1n) is 7.77. The van der Waals surface area contributed by atoms with Gasteiger partial charge in [0, 0.05) is 19.1 Å². The molecule has 3 N–H and O–H groups in total. The van der Waals surface area contributed by atoms with E-state index in [4.69, 9.17) is 5.11 Å². The summed E-state index contributed by atoms with van der Waals surface area (Å²) in [6, 6.07) is 0.465. The Morgan fingerprint density at radius 1 is 1.35 bits per heavy atom. The van der Waals surface area contributed by atoms with E-state index >= 15 is 0 Å². The van der Waals surface area contributed by atoms with Gasteiger partial charge in [0.2, 0.25) is 0 Å². The van der Waals surface area contributed by atoms with Crippen LogP contribution < -0.4 is 5.32 Å². The number of carboxylic acids is 1. The van der Waals surface area contributed by atoms with E-state index < -0.39 is 11.6 Å². The minimum absolute atomic E-state index is 0.266. The van der Waals surface area contributed by atoms with Crippen LogP contribution in [0.5, 0.6) is 0 Å². The molecule has 1 aliphatic carbocycles. The van der Waals surface area contributed by atoms with E-state index in [-0.39, 0.29) is 5.92 Å². The third-order valence-corrected chi connectivity index (χ3v) is 5.07. The van der Waals surface area contributed by atoms with Gasteiger partial charge in [-0.1, -0.05) is 6.92 Å². The Hall–Kier alpha value is -0.650. The smallest absolute Gasteiger partial charge is 0.306 e. The van der Waals surface area contributed by atoms with Crippen LogP contribution in [0.25, 0.3) is 0 Å². The molecule has 5 heteroatoms. The molecule has 2 atom stereocenters. The number of likely N-dealkylation sites (tertiary alicyclic amines) is 1. The first-order chi connectivity index (χ1) is 9.39. The lowest BCUT2D eigenvalue weighted by molar-refractivity contribution is -0.144. The summed E-state index contributed by atoms with van der Waals surface area (Å²) in [7, 11) is 2.15. The Kier molecular flexibility index (Phi) is 5.04. The molecule has 1 saturated heterocycles. The molecule has 20 heavy (non-hydrogen) atoms. The molecule has 0 radical (unpaired) electrons. The average Bonchev–Trinajstić information content (AvgIpc) is 2.38. The zero-order valence-corrected chi connectivity index (χ0v) is 12.6. The second-order valence-electron chi connectivity index (χ2n) is 6.85. The quantitative estimate of drug-likeness (QED) is 0.716. The van der Waals surface area contributed by atoms with Crippen LogP contribution in [0.15, 0.2) is 0 Å². The fourth-order valence-electron chi connectivity index (χ4n) is 3.56. The Labute approximate surface area is 121 Å². The van der Waals surface area contributed by atoms with Crippen molar-refractivity contribution in [1.82, 2.24) is 10.2 Å². The third kappa shape index (κ3) is 3.93. The number of hydrogen-bond acceptors (Lipinski definition) is 4. The topological polar surface area (TPSA) is 72.8 Å². The van der Waals surface area contributed by atoms with E-state index in [0.717, 1.165) is 19.5 Å². The van der Waals surface area contributed by atoms with E-state index in [0.29, 0.717) is 44.2 Å². The average molecular weight is 284 g/mol. The number of aliphatic hydroxyl groups is 1. The summed E-state index contributed by atoms with van der Waals surface area (Å²) in [6.45, 7) is 5.04. The molecule has 0 bridgehead atoms. The van der Waals surface area contributed by atoms with Crippen molar-refractivity contribution in [2.45, 2.75) is 50.7 Å². The fraction of sp³-hybridized carbons (Fsp3) is 0.933. The van der Waals surface area contributed by atoms with Crippen molar-refractivity contribution in [3.63, 3.8) is 0 Å². The molecular formula is C15H28N2O3. The highest BCUT2D eigenvalue weighted by Gasteiger charge is 2.36. The van der Waals surface area contributed by atoms with E-state index in [1.165, 1.54) is 0 Å². The first-order valence-corrected chi connectivity index (χ1v) is 7.77. The van der Waals surface area contributed by atoms with Crippen LogP contribution in [0.3, 0.4) is 0 Å². The fourth-order valence-corrected chi connectivity index (χ4v) is 3.56. The van der Waals surface area contributed by atoms with Crippen LogP contribution in [0.4, 0.5) is 0 Å². The van der Waals surface area contributed by atoms with Gasteiger partial charge in [-0.2, -0.15) is 0 Å². The molecule has 2 fully saturated rings.